The quantitative estimate of drug-likeness (QED) is 0.829. The molecule has 110 valence electrons. The van der Waals surface area contributed by atoms with E-state index in [0.717, 1.165) is 16.9 Å². The monoisotopic (exact) mass is 284 g/mol. The van der Waals surface area contributed by atoms with Gasteiger partial charge in [-0.05, 0) is 41.1 Å². The van der Waals surface area contributed by atoms with Gasteiger partial charge in [0.05, 0.1) is 0 Å². The van der Waals surface area contributed by atoms with Gasteiger partial charge < -0.3 is 14.8 Å². The zero-order chi connectivity index (χ0) is 15.4. The molecule has 0 atom stereocenters. The molecule has 0 fully saturated rings. The maximum Gasteiger partial charge on any atom is 0.488 e. The molecule has 0 aliphatic heterocycles. The van der Waals surface area contributed by atoms with Gasteiger partial charge in [0, 0.05) is 0 Å². The van der Waals surface area contributed by atoms with Gasteiger partial charge in [0.1, 0.15) is 12.4 Å². The Labute approximate surface area is 126 Å². The van der Waals surface area contributed by atoms with Crippen molar-refractivity contribution in [3.05, 3.63) is 59.2 Å². The van der Waals surface area contributed by atoms with Crippen LogP contribution in [0.3, 0.4) is 0 Å². The Bertz CT molecular complexity index is 591. The summed E-state index contributed by atoms with van der Waals surface area (Å²) < 4.78 is 5.89. The van der Waals surface area contributed by atoms with Gasteiger partial charge in [0.2, 0.25) is 0 Å². The van der Waals surface area contributed by atoms with E-state index in [4.69, 9.17) is 14.8 Å². The van der Waals surface area contributed by atoms with Crippen molar-refractivity contribution in [1.29, 1.82) is 0 Å². The van der Waals surface area contributed by atoms with E-state index in [-0.39, 0.29) is 0 Å². The molecule has 0 bridgehead atoms. The largest absolute Gasteiger partial charge is 0.489 e. The van der Waals surface area contributed by atoms with Gasteiger partial charge in [-0.3, -0.25) is 0 Å². The molecule has 0 saturated carbocycles. The summed E-state index contributed by atoms with van der Waals surface area (Å²) in [6, 6.07) is 13.4. The predicted molar refractivity (Wildman–Crippen MR) is 85.9 cm³/mol. The zero-order valence-corrected chi connectivity index (χ0v) is 12.7. The van der Waals surface area contributed by atoms with Crippen LogP contribution >= 0.6 is 0 Å². The van der Waals surface area contributed by atoms with E-state index >= 15 is 0 Å². The number of hydrogen-bond acceptors (Lipinski definition) is 3. The lowest BCUT2D eigenvalue weighted by atomic mass is 9.80. The minimum Gasteiger partial charge on any atom is -0.489 e. The molecule has 4 heteroatoms. The van der Waals surface area contributed by atoms with Crippen molar-refractivity contribution in [2.75, 3.05) is 0 Å². The van der Waals surface area contributed by atoms with Gasteiger partial charge in [0.25, 0.3) is 0 Å². The molecule has 0 heterocycles. The molecular weight excluding hydrogens is 263 g/mol. The molecule has 2 rings (SSSR count). The van der Waals surface area contributed by atoms with E-state index in [0.29, 0.717) is 18.0 Å². The van der Waals surface area contributed by atoms with E-state index in [1.54, 1.807) is 12.1 Å². The molecular formula is C17H21BO3. The SMILES string of the molecule is Cc1ccc(C(C)C)cc1OCc1ccc(B(O)O)cc1. The van der Waals surface area contributed by atoms with Crippen LogP contribution in [0, 0.1) is 6.92 Å². The summed E-state index contributed by atoms with van der Waals surface area (Å²) in [5.41, 5.74) is 3.85. The summed E-state index contributed by atoms with van der Waals surface area (Å²) in [6.45, 7) is 6.82. The van der Waals surface area contributed by atoms with E-state index < -0.39 is 7.12 Å². The van der Waals surface area contributed by atoms with E-state index in [1.807, 2.05) is 19.1 Å². The van der Waals surface area contributed by atoms with Crippen LogP contribution in [0.4, 0.5) is 0 Å². The van der Waals surface area contributed by atoms with Gasteiger partial charge in [-0.1, -0.05) is 50.2 Å². The van der Waals surface area contributed by atoms with Crippen LogP contribution in [0.5, 0.6) is 5.75 Å². The molecule has 0 amide bonds. The molecule has 2 N–H and O–H groups in total. The van der Waals surface area contributed by atoms with Crippen LogP contribution in [-0.2, 0) is 6.61 Å². The maximum atomic E-state index is 9.07. The zero-order valence-electron chi connectivity index (χ0n) is 12.7. The Kier molecular flexibility index (Phi) is 5.05. The van der Waals surface area contributed by atoms with Crippen LogP contribution in [0.1, 0.15) is 36.5 Å². The lowest BCUT2D eigenvalue weighted by Gasteiger charge is -2.13. The first kappa shape index (κ1) is 15.6. The van der Waals surface area contributed by atoms with Crippen molar-refractivity contribution in [2.24, 2.45) is 0 Å². The summed E-state index contributed by atoms with van der Waals surface area (Å²) in [5.74, 6) is 1.37. The molecule has 3 nitrogen and oxygen atoms in total. The molecule has 21 heavy (non-hydrogen) atoms. The first-order valence-corrected chi connectivity index (χ1v) is 7.15. The Hall–Kier alpha value is -1.78. The third-order valence-electron chi connectivity index (χ3n) is 3.55. The van der Waals surface area contributed by atoms with E-state index in [2.05, 4.69) is 32.0 Å². The molecule has 0 saturated heterocycles. The lowest BCUT2D eigenvalue weighted by Crippen LogP contribution is -2.29. The average Bonchev–Trinajstić information content (AvgIpc) is 2.46. The summed E-state index contributed by atoms with van der Waals surface area (Å²) in [6.07, 6.45) is 0. The molecule has 2 aromatic carbocycles. The second-order valence-electron chi connectivity index (χ2n) is 5.58. The van der Waals surface area contributed by atoms with Crippen molar-refractivity contribution >= 4 is 12.6 Å². The Morgan fingerprint density at radius 2 is 1.71 bits per heavy atom. The summed E-state index contributed by atoms with van der Waals surface area (Å²) >= 11 is 0. The fourth-order valence-corrected chi connectivity index (χ4v) is 2.08. The minimum atomic E-state index is -1.43. The van der Waals surface area contributed by atoms with Gasteiger partial charge in [-0.15, -0.1) is 0 Å². The number of hydrogen-bond donors (Lipinski definition) is 2. The van der Waals surface area contributed by atoms with E-state index in [1.165, 1.54) is 5.56 Å². The highest BCUT2D eigenvalue weighted by Gasteiger charge is 2.10. The number of benzene rings is 2. The third kappa shape index (κ3) is 4.10. The summed E-state index contributed by atoms with van der Waals surface area (Å²) in [4.78, 5) is 0. The standard InChI is InChI=1S/C17H21BO3/c1-12(2)15-7-4-13(3)17(10-15)21-11-14-5-8-16(9-6-14)18(19)20/h4-10,12,19-20H,11H2,1-3H3. The van der Waals surface area contributed by atoms with E-state index in [9.17, 15) is 0 Å². The Morgan fingerprint density at radius 3 is 2.29 bits per heavy atom. The number of rotatable bonds is 5. The van der Waals surface area contributed by atoms with Gasteiger partial charge in [-0.25, -0.2) is 0 Å². The highest BCUT2D eigenvalue weighted by atomic mass is 16.5. The smallest absolute Gasteiger partial charge is 0.488 e. The average molecular weight is 284 g/mol. The lowest BCUT2D eigenvalue weighted by molar-refractivity contribution is 0.303. The van der Waals surface area contributed by atoms with Crippen molar-refractivity contribution < 1.29 is 14.8 Å². The molecule has 0 spiro atoms. The van der Waals surface area contributed by atoms with Crippen LogP contribution in [0.2, 0.25) is 0 Å². The van der Waals surface area contributed by atoms with Crippen molar-refractivity contribution in [2.45, 2.75) is 33.3 Å². The predicted octanol–water partition coefficient (Wildman–Crippen LogP) is 2.38. The maximum absolute atomic E-state index is 9.07. The Morgan fingerprint density at radius 1 is 1.05 bits per heavy atom. The molecule has 0 unspecified atom stereocenters. The highest BCUT2D eigenvalue weighted by molar-refractivity contribution is 6.58. The molecule has 0 aliphatic rings. The van der Waals surface area contributed by atoms with Crippen LogP contribution in [0.25, 0.3) is 0 Å². The Balaban J connectivity index is 2.07. The van der Waals surface area contributed by atoms with Gasteiger partial charge in [-0.2, -0.15) is 0 Å². The van der Waals surface area contributed by atoms with Crippen molar-refractivity contribution in [1.82, 2.24) is 0 Å². The minimum absolute atomic E-state index is 0.462. The van der Waals surface area contributed by atoms with Crippen LogP contribution in [-0.4, -0.2) is 17.2 Å². The van der Waals surface area contributed by atoms with Crippen molar-refractivity contribution in [3.63, 3.8) is 0 Å². The highest BCUT2D eigenvalue weighted by Crippen LogP contribution is 2.24. The first-order valence-electron chi connectivity index (χ1n) is 7.15. The molecule has 0 radical (unpaired) electrons. The fourth-order valence-electron chi connectivity index (χ4n) is 2.08. The van der Waals surface area contributed by atoms with Gasteiger partial charge >= 0.3 is 7.12 Å². The second-order valence-corrected chi connectivity index (χ2v) is 5.58. The van der Waals surface area contributed by atoms with Gasteiger partial charge in [0.15, 0.2) is 0 Å². The topological polar surface area (TPSA) is 49.7 Å². The third-order valence-corrected chi connectivity index (χ3v) is 3.55. The number of aryl methyl sites for hydroxylation is 1. The molecule has 0 aliphatic carbocycles. The van der Waals surface area contributed by atoms with Crippen LogP contribution < -0.4 is 10.2 Å². The van der Waals surface area contributed by atoms with Crippen molar-refractivity contribution in [3.8, 4) is 5.75 Å². The first-order chi connectivity index (χ1) is 9.97. The molecule has 2 aromatic rings. The fraction of sp³-hybridized carbons (Fsp3) is 0.294. The molecule has 0 aromatic heterocycles. The normalized spacial score (nSPS) is 10.8. The van der Waals surface area contributed by atoms with Crippen LogP contribution in [0.15, 0.2) is 42.5 Å². The second kappa shape index (κ2) is 6.79. The number of ether oxygens (including phenoxy) is 1. The summed E-state index contributed by atoms with van der Waals surface area (Å²) in [5, 5.41) is 18.1. The summed E-state index contributed by atoms with van der Waals surface area (Å²) in [7, 11) is -1.43.